The number of carbonyl (C=O) groups is 1. The lowest BCUT2D eigenvalue weighted by atomic mass is 10.1. The third-order valence-corrected chi connectivity index (χ3v) is 3.95. The molecular weight excluding hydrogens is 304 g/mol. The molecule has 3 nitrogen and oxygen atoms in total. The number of rotatable bonds is 2. The zero-order valence-electron chi connectivity index (χ0n) is 10.8. The van der Waals surface area contributed by atoms with Crippen molar-refractivity contribution < 1.29 is 4.79 Å². The van der Waals surface area contributed by atoms with E-state index in [4.69, 9.17) is 5.73 Å². The molecule has 19 heavy (non-hydrogen) atoms. The van der Waals surface area contributed by atoms with Crippen LogP contribution in [0.2, 0.25) is 0 Å². The topological polar surface area (TPSA) is 55.1 Å². The van der Waals surface area contributed by atoms with E-state index in [1.54, 1.807) is 12.1 Å². The van der Waals surface area contributed by atoms with Crippen LogP contribution in [-0.2, 0) is 0 Å². The van der Waals surface area contributed by atoms with E-state index in [9.17, 15) is 4.79 Å². The molecule has 0 heterocycles. The third kappa shape index (κ3) is 2.96. The molecule has 2 aromatic carbocycles. The van der Waals surface area contributed by atoms with E-state index in [2.05, 4.69) is 21.2 Å². The van der Waals surface area contributed by atoms with Gasteiger partial charge in [-0.1, -0.05) is 18.2 Å². The summed E-state index contributed by atoms with van der Waals surface area (Å²) in [4.78, 5) is 12.3. The Labute approximate surface area is 121 Å². The minimum absolute atomic E-state index is 0.173. The van der Waals surface area contributed by atoms with Crippen LogP contribution in [0.4, 0.5) is 11.4 Å². The first-order valence-electron chi connectivity index (χ1n) is 5.91. The minimum Gasteiger partial charge on any atom is -0.397 e. The van der Waals surface area contributed by atoms with E-state index in [0.29, 0.717) is 16.9 Å². The van der Waals surface area contributed by atoms with Crippen LogP contribution in [-0.4, -0.2) is 5.91 Å². The number of amides is 1. The lowest BCUT2D eigenvalue weighted by molar-refractivity contribution is 0.102. The molecule has 0 aliphatic carbocycles. The van der Waals surface area contributed by atoms with E-state index in [-0.39, 0.29) is 5.91 Å². The summed E-state index contributed by atoms with van der Waals surface area (Å²) in [5.74, 6) is -0.173. The van der Waals surface area contributed by atoms with Gasteiger partial charge in [-0.05, 0) is 59.1 Å². The Morgan fingerprint density at radius 1 is 1.21 bits per heavy atom. The van der Waals surface area contributed by atoms with E-state index in [1.165, 1.54) is 0 Å². The monoisotopic (exact) mass is 318 g/mol. The number of nitrogen functional groups attached to an aromatic ring is 1. The summed E-state index contributed by atoms with van der Waals surface area (Å²) in [6, 6.07) is 11.1. The van der Waals surface area contributed by atoms with Crippen LogP contribution >= 0.6 is 15.9 Å². The van der Waals surface area contributed by atoms with Gasteiger partial charge >= 0.3 is 0 Å². The Hall–Kier alpha value is -1.81. The highest BCUT2D eigenvalue weighted by atomic mass is 79.9. The molecule has 0 aromatic heterocycles. The van der Waals surface area contributed by atoms with Crippen LogP contribution in [0.15, 0.2) is 40.9 Å². The molecule has 0 spiro atoms. The maximum atomic E-state index is 12.3. The van der Waals surface area contributed by atoms with Gasteiger partial charge in [-0.2, -0.15) is 0 Å². The summed E-state index contributed by atoms with van der Waals surface area (Å²) in [6.45, 7) is 3.90. The van der Waals surface area contributed by atoms with Crippen molar-refractivity contribution in [3.8, 4) is 0 Å². The summed E-state index contributed by atoms with van der Waals surface area (Å²) in [5.41, 5.74) is 9.72. The zero-order chi connectivity index (χ0) is 14.0. The molecule has 0 saturated carbocycles. The van der Waals surface area contributed by atoms with Crippen LogP contribution < -0.4 is 11.1 Å². The fourth-order valence-electron chi connectivity index (χ4n) is 1.79. The summed E-state index contributed by atoms with van der Waals surface area (Å²) < 4.78 is 0.804. The van der Waals surface area contributed by atoms with Crippen LogP contribution in [0, 0.1) is 13.8 Å². The maximum Gasteiger partial charge on any atom is 0.256 e. The standard InChI is InChI=1S/C15H15BrN2O/c1-9-6-7-12(17)13(8-9)18-15(19)11-5-3-4-10(2)14(11)16/h3-8H,17H2,1-2H3,(H,18,19). The molecule has 0 bridgehead atoms. The smallest absolute Gasteiger partial charge is 0.256 e. The van der Waals surface area contributed by atoms with Crippen molar-refractivity contribution in [2.24, 2.45) is 0 Å². The third-order valence-electron chi connectivity index (χ3n) is 2.89. The van der Waals surface area contributed by atoms with Crippen LogP contribution in [0.25, 0.3) is 0 Å². The zero-order valence-corrected chi connectivity index (χ0v) is 12.4. The highest BCUT2D eigenvalue weighted by Gasteiger charge is 2.12. The molecule has 0 aliphatic rings. The summed E-state index contributed by atoms with van der Waals surface area (Å²) in [7, 11) is 0. The Morgan fingerprint density at radius 2 is 1.95 bits per heavy atom. The highest BCUT2D eigenvalue weighted by molar-refractivity contribution is 9.10. The molecule has 0 aliphatic heterocycles. The average Bonchev–Trinajstić information content (AvgIpc) is 2.37. The first kappa shape index (κ1) is 13.6. The molecule has 0 radical (unpaired) electrons. The van der Waals surface area contributed by atoms with Crippen LogP contribution in [0.5, 0.6) is 0 Å². The second-order valence-electron chi connectivity index (χ2n) is 4.48. The van der Waals surface area contributed by atoms with Gasteiger partial charge in [0.2, 0.25) is 0 Å². The molecule has 0 fully saturated rings. The van der Waals surface area contributed by atoms with Crippen LogP contribution in [0.3, 0.4) is 0 Å². The number of halogens is 1. The lowest BCUT2D eigenvalue weighted by Crippen LogP contribution is -2.14. The minimum atomic E-state index is -0.173. The number of nitrogens with one attached hydrogen (secondary N) is 1. The van der Waals surface area contributed by atoms with Crippen molar-refractivity contribution in [1.29, 1.82) is 0 Å². The van der Waals surface area contributed by atoms with Gasteiger partial charge < -0.3 is 11.1 Å². The molecule has 0 unspecified atom stereocenters. The number of aryl methyl sites for hydroxylation is 2. The molecule has 1 amide bonds. The van der Waals surface area contributed by atoms with Crippen molar-refractivity contribution in [2.45, 2.75) is 13.8 Å². The van der Waals surface area contributed by atoms with Gasteiger partial charge in [0.15, 0.2) is 0 Å². The quantitative estimate of drug-likeness (QED) is 0.825. The first-order valence-corrected chi connectivity index (χ1v) is 6.71. The van der Waals surface area contributed by atoms with E-state index in [0.717, 1.165) is 15.6 Å². The van der Waals surface area contributed by atoms with Gasteiger partial charge in [-0.3, -0.25) is 4.79 Å². The molecule has 4 heteroatoms. The van der Waals surface area contributed by atoms with Crippen molar-refractivity contribution in [1.82, 2.24) is 0 Å². The molecular formula is C15H15BrN2O. The summed E-state index contributed by atoms with van der Waals surface area (Å²) in [6.07, 6.45) is 0. The normalized spacial score (nSPS) is 10.3. The highest BCUT2D eigenvalue weighted by Crippen LogP contribution is 2.24. The molecule has 0 saturated heterocycles. The van der Waals surface area contributed by atoms with Crippen molar-refractivity contribution in [3.63, 3.8) is 0 Å². The van der Waals surface area contributed by atoms with Gasteiger partial charge in [0.05, 0.1) is 16.9 Å². The Morgan fingerprint density at radius 3 is 2.68 bits per heavy atom. The fourth-order valence-corrected chi connectivity index (χ4v) is 2.24. The van der Waals surface area contributed by atoms with Gasteiger partial charge in [0, 0.05) is 4.47 Å². The van der Waals surface area contributed by atoms with Crippen molar-refractivity contribution in [3.05, 3.63) is 57.6 Å². The number of hydrogen-bond donors (Lipinski definition) is 2. The van der Waals surface area contributed by atoms with E-state index >= 15 is 0 Å². The van der Waals surface area contributed by atoms with Crippen molar-refractivity contribution >= 4 is 33.2 Å². The van der Waals surface area contributed by atoms with E-state index in [1.807, 2.05) is 38.1 Å². The SMILES string of the molecule is Cc1ccc(N)c(NC(=O)c2cccc(C)c2Br)c1. The Balaban J connectivity index is 2.31. The molecule has 2 rings (SSSR count). The number of anilines is 2. The molecule has 0 atom stereocenters. The van der Waals surface area contributed by atoms with Crippen molar-refractivity contribution in [2.75, 3.05) is 11.1 Å². The number of benzene rings is 2. The van der Waals surface area contributed by atoms with Crippen LogP contribution in [0.1, 0.15) is 21.5 Å². The second kappa shape index (κ2) is 5.45. The first-order chi connectivity index (χ1) is 8.99. The average molecular weight is 319 g/mol. The predicted octanol–water partition coefficient (Wildman–Crippen LogP) is 3.90. The number of nitrogens with two attached hydrogens (primary N) is 1. The van der Waals surface area contributed by atoms with E-state index < -0.39 is 0 Å². The summed E-state index contributed by atoms with van der Waals surface area (Å²) in [5, 5.41) is 2.84. The molecule has 98 valence electrons. The van der Waals surface area contributed by atoms with Gasteiger partial charge in [-0.25, -0.2) is 0 Å². The molecule has 2 aromatic rings. The number of hydrogen-bond acceptors (Lipinski definition) is 2. The van der Waals surface area contributed by atoms with Gasteiger partial charge in [-0.15, -0.1) is 0 Å². The Bertz CT molecular complexity index is 638. The molecule has 3 N–H and O–H groups in total. The maximum absolute atomic E-state index is 12.3. The lowest BCUT2D eigenvalue weighted by Gasteiger charge is -2.11. The predicted molar refractivity (Wildman–Crippen MR) is 82.4 cm³/mol. The summed E-state index contributed by atoms with van der Waals surface area (Å²) >= 11 is 3.44. The van der Waals surface area contributed by atoms with Gasteiger partial charge in [0.25, 0.3) is 5.91 Å². The second-order valence-corrected chi connectivity index (χ2v) is 5.27. The Kier molecular flexibility index (Phi) is 3.90. The largest absolute Gasteiger partial charge is 0.397 e. The number of carbonyl (C=O) groups excluding carboxylic acids is 1. The van der Waals surface area contributed by atoms with Gasteiger partial charge in [0.1, 0.15) is 0 Å². The fraction of sp³-hybridized carbons (Fsp3) is 0.133.